The van der Waals surface area contributed by atoms with E-state index in [1.807, 2.05) is 12.1 Å². The van der Waals surface area contributed by atoms with Gasteiger partial charge < -0.3 is 10.2 Å². The number of anilines is 1. The topological polar surface area (TPSA) is 58.1 Å². The van der Waals surface area contributed by atoms with Crippen LogP contribution in [-0.2, 0) is 6.54 Å². The van der Waals surface area contributed by atoms with E-state index < -0.39 is 0 Å². The molecule has 0 saturated carbocycles. The zero-order valence-corrected chi connectivity index (χ0v) is 14.5. The number of nitrogens with one attached hydrogen (secondary N) is 1. The van der Waals surface area contributed by atoms with E-state index in [2.05, 4.69) is 27.1 Å². The average molecular weight is 345 g/mol. The van der Waals surface area contributed by atoms with Crippen molar-refractivity contribution < 1.29 is 4.79 Å². The van der Waals surface area contributed by atoms with Crippen molar-refractivity contribution in [2.45, 2.75) is 26.3 Å². The molecule has 2 aromatic rings. The first-order chi connectivity index (χ1) is 11.6. The van der Waals surface area contributed by atoms with Crippen LogP contribution in [0.2, 0.25) is 5.02 Å². The molecule has 0 spiro atoms. The summed E-state index contributed by atoms with van der Waals surface area (Å²) in [6, 6.07) is 7.37. The van der Waals surface area contributed by atoms with Crippen LogP contribution in [-0.4, -0.2) is 29.0 Å². The van der Waals surface area contributed by atoms with Crippen molar-refractivity contribution in [3.8, 4) is 0 Å². The molecule has 1 aliphatic rings. The summed E-state index contributed by atoms with van der Waals surface area (Å²) >= 11 is 5.85. The van der Waals surface area contributed by atoms with Gasteiger partial charge in [-0.15, -0.1) is 0 Å². The molecule has 1 N–H and O–H groups in total. The zero-order valence-electron chi connectivity index (χ0n) is 13.7. The summed E-state index contributed by atoms with van der Waals surface area (Å²) in [7, 11) is 0. The van der Waals surface area contributed by atoms with Gasteiger partial charge in [0.15, 0.2) is 0 Å². The molecule has 1 fully saturated rings. The minimum atomic E-state index is -0.226. The molecular formula is C18H21ClN4O. The first kappa shape index (κ1) is 16.7. The summed E-state index contributed by atoms with van der Waals surface area (Å²) < 4.78 is 0. The molecule has 5 nitrogen and oxygen atoms in total. The van der Waals surface area contributed by atoms with E-state index >= 15 is 0 Å². The Morgan fingerprint density at radius 1 is 1.21 bits per heavy atom. The Morgan fingerprint density at radius 2 is 1.92 bits per heavy atom. The highest BCUT2D eigenvalue weighted by molar-refractivity contribution is 6.30. The lowest BCUT2D eigenvalue weighted by atomic mass is 9.99. The van der Waals surface area contributed by atoms with Gasteiger partial charge >= 0.3 is 0 Å². The molecule has 24 heavy (non-hydrogen) atoms. The first-order valence-corrected chi connectivity index (χ1v) is 8.59. The highest BCUT2D eigenvalue weighted by Gasteiger charge is 2.17. The molecule has 1 saturated heterocycles. The molecule has 3 rings (SSSR count). The fraction of sp³-hybridized carbons (Fsp3) is 0.389. The molecule has 1 aromatic carbocycles. The number of hydrogen-bond donors (Lipinski definition) is 1. The van der Waals surface area contributed by atoms with Crippen LogP contribution in [0.25, 0.3) is 0 Å². The third-order valence-corrected chi connectivity index (χ3v) is 4.60. The predicted molar refractivity (Wildman–Crippen MR) is 95.3 cm³/mol. The number of nitrogens with zero attached hydrogens (tertiary/aromatic N) is 3. The summed E-state index contributed by atoms with van der Waals surface area (Å²) in [4.78, 5) is 23.0. The van der Waals surface area contributed by atoms with E-state index in [0.29, 0.717) is 17.3 Å². The van der Waals surface area contributed by atoms with Gasteiger partial charge in [-0.1, -0.05) is 30.7 Å². The SMILES string of the molecule is CC1CCN(c2cnc(C(=O)NCc3ccc(Cl)cc3)cn2)CC1. The first-order valence-electron chi connectivity index (χ1n) is 8.21. The van der Waals surface area contributed by atoms with Crippen molar-refractivity contribution >= 4 is 23.3 Å². The number of aromatic nitrogens is 2. The maximum Gasteiger partial charge on any atom is 0.271 e. The van der Waals surface area contributed by atoms with E-state index in [1.54, 1.807) is 24.5 Å². The molecular weight excluding hydrogens is 324 g/mol. The molecule has 0 atom stereocenters. The monoisotopic (exact) mass is 344 g/mol. The van der Waals surface area contributed by atoms with Crippen molar-refractivity contribution in [3.05, 3.63) is 52.9 Å². The normalized spacial score (nSPS) is 15.3. The molecule has 2 heterocycles. The Morgan fingerprint density at radius 3 is 2.54 bits per heavy atom. The Bertz CT molecular complexity index is 679. The van der Waals surface area contributed by atoms with Gasteiger partial charge in [0.25, 0.3) is 5.91 Å². The van der Waals surface area contributed by atoms with Crippen LogP contribution in [0.5, 0.6) is 0 Å². The second-order valence-corrected chi connectivity index (χ2v) is 6.67. The van der Waals surface area contributed by atoms with Gasteiger partial charge in [0.2, 0.25) is 0 Å². The molecule has 0 radical (unpaired) electrons. The fourth-order valence-corrected chi connectivity index (χ4v) is 2.84. The maximum absolute atomic E-state index is 12.2. The van der Waals surface area contributed by atoms with Crippen molar-refractivity contribution in [3.63, 3.8) is 0 Å². The second-order valence-electron chi connectivity index (χ2n) is 6.24. The highest BCUT2D eigenvalue weighted by Crippen LogP contribution is 2.20. The molecule has 0 unspecified atom stereocenters. The van der Waals surface area contributed by atoms with E-state index in [4.69, 9.17) is 11.6 Å². The smallest absolute Gasteiger partial charge is 0.271 e. The lowest BCUT2D eigenvalue weighted by Crippen LogP contribution is -2.33. The van der Waals surface area contributed by atoms with Gasteiger partial charge in [-0.3, -0.25) is 4.79 Å². The Hall–Kier alpha value is -2.14. The quantitative estimate of drug-likeness (QED) is 0.924. The third-order valence-electron chi connectivity index (χ3n) is 4.34. The molecule has 0 aliphatic carbocycles. The lowest BCUT2D eigenvalue weighted by Gasteiger charge is -2.30. The van der Waals surface area contributed by atoms with Crippen molar-refractivity contribution in [2.24, 2.45) is 5.92 Å². The second kappa shape index (κ2) is 7.62. The highest BCUT2D eigenvalue weighted by atomic mass is 35.5. The van der Waals surface area contributed by atoms with Crippen molar-refractivity contribution in [1.29, 1.82) is 0 Å². The maximum atomic E-state index is 12.2. The summed E-state index contributed by atoms with van der Waals surface area (Å²) in [6.45, 7) is 4.70. The predicted octanol–water partition coefficient (Wildman–Crippen LogP) is 3.30. The minimum Gasteiger partial charge on any atom is -0.355 e. The van der Waals surface area contributed by atoms with Crippen LogP contribution in [0.3, 0.4) is 0 Å². The number of carbonyl (C=O) groups excluding carboxylic acids is 1. The summed E-state index contributed by atoms with van der Waals surface area (Å²) in [5.74, 6) is 1.39. The molecule has 0 bridgehead atoms. The van der Waals surface area contributed by atoms with E-state index in [1.165, 1.54) is 12.8 Å². The number of piperidine rings is 1. The summed E-state index contributed by atoms with van der Waals surface area (Å²) in [6.07, 6.45) is 5.58. The lowest BCUT2D eigenvalue weighted by molar-refractivity contribution is 0.0945. The van der Waals surface area contributed by atoms with Gasteiger partial charge in [0.1, 0.15) is 11.5 Å². The van der Waals surface area contributed by atoms with Gasteiger partial charge in [-0.05, 0) is 36.5 Å². The van der Waals surface area contributed by atoms with Crippen LogP contribution in [0.4, 0.5) is 5.82 Å². The average Bonchev–Trinajstić information content (AvgIpc) is 2.62. The fourth-order valence-electron chi connectivity index (χ4n) is 2.71. The van der Waals surface area contributed by atoms with E-state index in [-0.39, 0.29) is 5.91 Å². The van der Waals surface area contributed by atoms with Gasteiger partial charge in [0.05, 0.1) is 12.4 Å². The van der Waals surface area contributed by atoms with Crippen molar-refractivity contribution in [2.75, 3.05) is 18.0 Å². The zero-order chi connectivity index (χ0) is 16.9. The standard InChI is InChI=1S/C18H21ClN4O/c1-13-6-8-23(9-7-13)17-12-20-16(11-21-17)18(24)22-10-14-2-4-15(19)5-3-14/h2-5,11-13H,6-10H2,1H3,(H,22,24). The van der Waals surface area contributed by atoms with Gasteiger partial charge in [-0.25, -0.2) is 9.97 Å². The Balaban J connectivity index is 1.56. The van der Waals surface area contributed by atoms with Gasteiger partial charge in [0, 0.05) is 24.7 Å². The summed E-state index contributed by atoms with van der Waals surface area (Å²) in [5.41, 5.74) is 1.32. The number of amides is 1. The molecule has 1 amide bonds. The number of carbonyl (C=O) groups is 1. The Kier molecular flexibility index (Phi) is 5.30. The molecule has 1 aromatic heterocycles. The van der Waals surface area contributed by atoms with Crippen LogP contribution in [0.15, 0.2) is 36.7 Å². The van der Waals surface area contributed by atoms with Crippen LogP contribution < -0.4 is 10.2 Å². The number of benzene rings is 1. The number of rotatable bonds is 4. The van der Waals surface area contributed by atoms with Gasteiger partial charge in [-0.2, -0.15) is 0 Å². The van der Waals surface area contributed by atoms with Crippen molar-refractivity contribution in [1.82, 2.24) is 15.3 Å². The van der Waals surface area contributed by atoms with Crippen LogP contribution in [0, 0.1) is 5.92 Å². The minimum absolute atomic E-state index is 0.226. The molecule has 126 valence electrons. The van der Waals surface area contributed by atoms with E-state index in [0.717, 1.165) is 30.4 Å². The third kappa shape index (κ3) is 4.23. The number of hydrogen-bond acceptors (Lipinski definition) is 4. The Labute approximate surface area is 147 Å². The van der Waals surface area contributed by atoms with Crippen LogP contribution in [0.1, 0.15) is 35.8 Å². The van der Waals surface area contributed by atoms with Crippen LogP contribution >= 0.6 is 11.6 Å². The molecule has 6 heteroatoms. The number of halogens is 1. The van der Waals surface area contributed by atoms with E-state index in [9.17, 15) is 4.79 Å². The molecule has 1 aliphatic heterocycles. The largest absolute Gasteiger partial charge is 0.355 e. The summed E-state index contributed by atoms with van der Waals surface area (Å²) in [5, 5.41) is 3.52.